The highest BCUT2D eigenvalue weighted by Crippen LogP contribution is 2.34. The van der Waals surface area contributed by atoms with Crippen molar-refractivity contribution >= 4 is 29.4 Å². The molecule has 4 rings (SSSR count). The Balaban J connectivity index is 1.94. The third kappa shape index (κ3) is 3.61. The lowest BCUT2D eigenvalue weighted by atomic mass is 9.96. The van der Waals surface area contributed by atoms with Crippen molar-refractivity contribution in [3.05, 3.63) is 64.5 Å². The van der Waals surface area contributed by atoms with Crippen LogP contribution in [0, 0.1) is 0 Å². The van der Waals surface area contributed by atoms with Crippen molar-refractivity contribution < 1.29 is 23.8 Å². The minimum absolute atomic E-state index is 0.153. The molecule has 0 aliphatic carbocycles. The number of aryl methyl sites for hydroxylation is 1. The first-order chi connectivity index (χ1) is 15.0. The molecule has 1 atom stereocenters. The second kappa shape index (κ2) is 8.35. The topological polar surface area (TPSA) is 78.0 Å². The van der Waals surface area contributed by atoms with Gasteiger partial charge in [0.2, 0.25) is 0 Å². The zero-order valence-corrected chi connectivity index (χ0v) is 17.8. The third-order valence-corrected chi connectivity index (χ3v) is 5.81. The maximum atomic E-state index is 12.2. The molecule has 0 bridgehead atoms. The van der Waals surface area contributed by atoms with Gasteiger partial charge in [0.1, 0.15) is 12.4 Å². The van der Waals surface area contributed by atoms with Crippen LogP contribution >= 0.6 is 0 Å². The van der Waals surface area contributed by atoms with Crippen LogP contribution in [0.15, 0.2) is 47.7 Å². The number of nitrogens with zero attached hydrogens (tertiary/aromatic N) is 2. The van der Waals surface area contributed by atoms with Crippen LogP contribution in [0.25, 0.3) is 17.0 Å². The highest BCUT2D eigenvalue weighted by Gasteiger charge is 2.33. The summed E-state index contributed by atoms with van der Waals surface area (Å²) in [5, 5.41) is 0.943. The van der Waals surface area contributed by atoms with Crippen LogP contribution in [0.2, 0.25) is 0 Å². The zero-order valence-electron chi connectivity index (χ0n) is 17.8. The minimum Gasteiger partial charge on any atom is -0.459 e. The van der Waals surface area contributed by atoms with E-state index in [2.05, 4.69) is 13.5 Å². The molecule has 0 N–H and O–H groups in total. The number of hydrogen-bond donors (Lipinski definition) is 0. The molecule has 160 valence electrons. The Labute approximate surface area is 180 Å². The predicted molar refractivity (Wildman–Crippen MR) is 116 cm³/mol. The molecule has 1 aromatic heterocycles. The number of carbonyl (C=O) groups excluding carboxylic acids is 2. The van der Waals surface area contributed by atoms with Gasteiger partial charge in [0, 0.05) is 48.5 Å². The Hall–Kier alpha value is -3.45. The Morgan fingerprint density at radius 2 is 2.16 bits per heavy atom. The van der Waals surface area contributed by atoms with Gasteiger partial charge in [0.15, 0.2) is 6.10 Å². The van der Waals surface area contributed by atoms with Crippen LogP contribution in [-0.2, 0) is 32.0 Å². The fraction of sp³-hybridized carbons (Fsp3) is 0.292. The summed E-state index contributed by atoms with van der Waals surface area (Å²) in [6.45, 7) is 7.49. The Morgan fingerprint density at radius 3 is 2.87 bits per heavy atom. The van der Waals surface area contributed by atoms with Crippen LogP contribution in [0.1, 0.15) is 23.7 Å². The normalized spacial score (nSPS) is 19.7. The SMILES string of the molecule is C=C1C2=C(/C=C/c3nc4ccc(OC=O)cc4c(CC)c3CN1C)C(OC)C(=O)OC2. The van der Waals surface area contributed by atoms with E-state index in [0.717, 1.165) is 51.0 Å². The molecule has 0 amide bonds. The van der Waals surface area contributed by atoms with Crippen LogP contribution in [-0.4, -0.2) is 49.2 Å². The van der Waals surface area contributed by atoms with Crippen LogP contribution in [0.4, 0.5) is 0 Å². The molecule has 0 radical (unpaired) electrons. The maximum absolute atomic E-state index is 12.2. The first kappa shape index (κ1) is 20.8. The number of hydrogen-bond acceptors (Lipinski definition) is 7. The number of cyclic esters (lactones) is 1. The van der Waals surface area contributed by atoms with Crippen molar-refractivity contribution in [3.63, 3.8) is 0 Å². The highest BCUT2D eigenvalue weighted by molar-refractivity contribution is 5.87. The molecule has 31 heavy (non-hydrogen) atoms. The summed E-state index contributed by atoms with van der Waals surface area (Å²) in [4.78, 5) is 29.9. The lowest BCUT2D eigenvalue weighted by molar-refractivity contribution is -0.153. The lowest BCUT2D eigenvalue weighted by Gasteiger charge is -2.30. The fourth-order valence-electron chi connectivity index (χ4n) is 4.20. The molecule has 7 nitrogen and oxygen atoms in total. The molecule has 0 saturated heterocycles. The van der Waals surface area contributed by atoms with E-state index in [0.29, 0.717) is 18.8 Å². The van der Waals surface area contributed by atoms with Gasteiger partial charge >= 0.3 is 5.97 Å². The van der Waals surface area contributed by atoms with Gasteiger partial charge in [-0.2, -0.15) is 0 Å². The number of esters is 1. The molecular weight excluding hydrogens is 396 g/mol. The van der Waals surface area contributed by atoms with E-state index in [1.54, 1.807) is 6.07 Å². The van der Waals surface area contributed by atoms with E-state index in [9.17, 15) is 9.59 Å². The van der Waals surface area contributed by atoms with Crippen molar-refractivity contribution in [1.82, 2.24) is 9.88 Å². The lowest BCUT2D eigenvalue weighted by Crippen LogP contribution is -2.35. The summed E-state index contributed by atoms with van der Waals surface area (Å²) >= 11 is 0. The summed E-state index contributed by atoms with van der Waals surface area (Å²) in [5.74, 6) is 0.0651. The molecule has 1 unspecified atom stereocenters. The van der Waals surface area contributed by atoms with Gasteiger partial charge in [0.05, 0.1) is 11.2 Å². The van der Waals surface area contributed by atoms with Gasteiger partial charge in [-0.3, -0.25) is 4.79 Å². The average Bonchev–Trinajstić information content (AvgIpc) is 2.81. The minimum atomic E-state index is -0.805. The molecule has 2 aliphatic heterocycles. The van der Waals surface area contributed by atoms with E-state index >= 15 is 0 Å². The van der Waals surface area contributed by atoms with Gasteiger partial charge < -0.3 is 19.1 Å². The number of pyridine rings is 1. The quantitative estimate of drug-likeness (QED) is 0.555. The second-order valence-electron chi connectivity index (χ2n) is 7.49. The Kier molecular flexibility index (Phi) is 5.61. The Bertz CT molecular complexity index is 1150. The number of likely N-dealkylation sites (N-methyl/N-ethyl adjacent to an activating group) is 1. The fourth-order valence-corrected chi connectivity index (χ4v) is 4.20. The largest absolute Gasteiger partial charge is 0.459 e. The van der Waals surface area contributed by atoms with Crippen LogP contribution in [0.5, 0.6) is 5.75 Å². The maximum Gasteiger partial charge on any atom is 0.340 e. The second-order valence-corrected chi connectivity index (χ2v) is 7.49. The number of benzene rings is 1. The van der Waals surface area contributed by atoms with Gasteiger partial charge in [-0.05, 0) is 36.3 Å². The van der Waals surface area contributed by atoms with Gasteiger partial charge in [-0.15, -0.1) is 0 Å². The standard InChI is InChI=1S/C24H24N2O5/c1-5-16-18-10-15(31-13-27)6-8-21(18)25-22-9-7-17-20(12-30-24(28)23(17)29-4)14(2)26(3)11-19(16)22/h6-10,13,23H,2,5,11-12H2,1,3-4H3/b9-7+. The van der Waals surface area contributed by atoms with Gasteiger partial charge in [-0.1, -0.05) is 19.6 Å². The zero-order chi connectivity index (χ0) is 22.1. The summed E-state index contributed by atoms with van der Waals surface area (Å²) in [7, 11) is 3.44. The number of methoxy groups -OCH3 is 1. The van der Waals surface area contributed by atoms with Gasteiger partial charge in [0.25, 0.3) is 6.47 Å². The number of fused-ring (bicyclic) bond motifs is 2. The predicted octanol–water partition coefficient (Wildman–Crippen LogP) is 3.17. The number of carbonyl (C=O) groups is 2. The first-order valence-electron chi connectivity index (χ1n) is 10.0. The van der Waals surface area contributed by atoms with E-state index in [1.807, 2.05) is 36.2 Å². The van der Waals surface area contributed by atoms with E-state index < -0.39 is 12.1 Å². The van der Waals surface area contributed by atoms with Crippen LogP contribution < -0.4 is 4.74 Å². The van der Waals surface area contributed by atoms with Crippen LogP contribution in [0.3, 0.4) is 0 Å². The molecule has 0 spiro atoms. The molecule has 3 heterocycles. The van der Waals surface area contributed by atoms with E-state index in [1.165, 1.54) is 7.11 Å². The smallest absolute Gasteiger partial charge is 0.340 e. The summed E-state index contributed by atoms with van der Waals surface area (Å²) in [6.07, 6.45) is 3.78. The van der Waals surface area contributed by atoms with Crippen molar-refractivity contribution in [3.8, 4) is 5.75 Å². The average molecular weight is 420 g/mol. The number of rotatable bonds is 4. The summed E-state index contributed by atoms with van der Waals surface area (Å²) < 4.78 is 15.8. The van der Waals surface area contributed by atoms with Gasteiger partial charge in [-0.25, -0.2) is 9.78 Å². The third-order valence-electron chi connectivity index (χ3n) is 5.81. The molecule has 2 aliphatic rings. The van der Waals surface area contributed by atoms with Crippen molar-refractivity contribution in [2.24, 2.45) is 0 Å². The molecule has 0 saturated carbocycles. The molecule has 0 fully saturated rings. The monoisotopic (exact) mass is 420 g/mol. The summed E-state index contributed by atoms with van der Waals surface area (Å²) in [6, 6.07) is 5.41. The molecule has 2 aromatic rings. The van der Waals surface area contributed by atoms with Crippen molar-refractivity contribution in [2.75, 3.05) is 20.8 Å². The highest BCUT2D eigenvalue weighted by atomic mass is 16.6. The van der Waals surface area contributed by atoms with E-state index in [4.69, 9.17) is 19.2 Å². The number of aromatic nitrogens is 1. The molecule has 7 heteroatoms. The summed E-state index contributed by atoms with van der Waals surface area (Å²) in [5.41, 5.74) is 6.13. The first-order valence-corrected chi connectivity index (χ1v) is 10.0. The number of ether oxygens (including phenoxy) is 3. The molecule has 1 aromatic carbocycles. The van der Waals surface area contributed by atoms with E-state index in [-0.39, 0.29) is 6.61 Å². The van der Waals surface area contributed by atoms with Crippen molar-refractivity contribution in [1.29, 1.82) is 0 Å². The Morgan fingerprint density at radius 1 is 1.35 bits per heavy atom. The molecular formula is C24H24N2O5. The van der Waals surface area contributed by atoms with Crippen molar-refractivity contribution in [2.45, 2.75) is 26.0 Å².